The Morgan fingerprint density at radius 1 is 1.00 bits per heavy atom. The summed E-state index contributed by atoms with van der Waals surface area (Å²) in [5, 5.41) is 0. The summed E-state index contributed by atoms with van der Waals surface area (Å²) >= 11 is 0. The van der Waals surface area contributed by atoms with E-state index in [1.165, 1.54) is 44.9 Å². The highest BCUT2D eigenvalue weighted by molar-refractivity contribution is 5.82. The van der Waals surface area contributed by atoms with Gasteiger partial charge >= 0.3 is 5.97 Å². The van der Waals surface area contributed by atoms with Gasteiger partial charge in [-0.25, -0.2) is 0 Å². The Morgan fingerprint density at radius 3 is 2.53 bits per heavy atom. The van der Waals surface area contributed by atoms with Crippen molar-refractivity contribution in [1.29, 1.82) is 0 Å². The molecule has 0 heterocycles. The second kappa shape index (κ2) is 8.58. The number of fused-ring (bicyclic) bond motifs is 5. The summed E-state index contributed by atoms with van der Waals surface area (Å²) in [6, 6.07) is 0. The summed E-state index contributed by atoms with van der Waals surface area (Å²) in [4.78, 5) is 24.9. The molecular formula is C27H44O3. The first-order valence-corrected chi connectivity index (χ1v) is 13.0. The van der Waals surface area contributed by atoms with Crippen molar-refractivity contribution in [2.45, 2.75) is 117 Å². The molecule has 0 bridgehead atoms. The summed E-state index contributed by atoms with van der Waals surface area (Å²) in [5.41, 5.74) is 0.505. The number of carbonyl (C=O) groups is 2. The van der Waals surface area contributed by atoms with Crippen LogP contribution in [0.2, 0.25) is 0 Å². The molecule has 8 atom stereocenters. The Bertz CT molecular complexity index is 656. The third-order valence-corrected chi connectivity index (χ3v) is 10.2. The van der Waals surface area contributed by atoms with E-state index >= 15 is 0 Å². The van der Waals surface area contributed by atoms with E-state index in [2.05, 4.69) is 27.7 Å². The van der Waals surface area contributed by atoms with E-state index in [-0.39, 0.29) is 23.4 Å². The van der Waals surface area contributed by atoms with Gasteiger partial charge in [0.25, 0.3) is 0 Å². The SMILES string of the molecule is CCCCCCC(=O)O[C@H]1CC[C@H]2[C@@H]3CC[C@H]4CC(=O)[C@H](C)C[C@]4(C)[C@H]3CC[C@]12C. The number of hydrogen-bond donors (Lipinski definition) is 0. The standard InChI is InChI=1S/C27H44O3/c1-5-6-7-8-9-25(29)30-24-13-12-21-20-11-10-19-16-23(28)18(2)17-27(19,4)22(20)14-15-26(21,24)3/h18-22,24H,5-17H2,1-4H3/t18-,19+,20+,21+,22+,24+,26+,27+/m1/s1. The van der Waals surface area contributed by atoms with Gasteiger partial charge in [-0.1, -0.05) is 47.0 Å². The lowest BCUT2D eigenvalue weighted by atomic mass is 9.44. The number of ketones is 1. The van der Waals surface area contributed by atoms with Gasteiger partial charge in [0, 0.05) is 24.2 Å². The predicted molar refractivity (Wildman–Crippen MR) is 120 cm³/mol. The highest BCUT2D eigenvalue weighted by atomic mass is 16.5. The summed E-state index contributed by atoms with van der Waals surface area (Å²) in [7, 11) is 0. The van der Waals surface area contributed by atoms with E-state index in [0.29, 0.717) is 29.5 Å². The van der Waals surface area contributed by atoms with E-state index < -0.39 is 0 Å². The summed E-state index contributed by atoms with van der Waals surface area (Å²) in [5.74, 6) is 3.60. The van der Waals surface area contributed by atoms with Crippen LogP contribution in [0.3, 0.4) is 0 Å². The molecule has 4 rings (SSSR count). The lowest BCUT2D eigenvalue weighted by Gasteiger charge is -2.60. The smallest absolute Gasteiger partial charge is 0.306 e. The lowest BCUT2D eigenvalue weighted by molar-refractivity contribution is -0.165. The maximum absolute atomic E-state index is 12.5. The van der Waals surface area contributed by atoms with E-state index in [9.17, 15) is 9.59 Å². The molecule has 0 amide bonds. The molecule has 3 nitrogen and oxygen atoms in total. The van der Waals surface area contributed by atoms with Gasteiger partial charge in [0.05, 0.1) is 0 Å². The minimum Gasteiger partial charge on any atom is -0.462 e. The molecule has 0 N–H and O–H groups in total. The summed E-state index contributed by atoms with van der Waals surface area (Å²) in [6.07, 6.45) is 14.4. The second-order valence-electron chi connectivity index (χ2n) is 11.8. The molecule has 4 aliphatic carbocycles. The first-order valence-electron chi connectivity index (χ1n) is 13.0. The maximum Gasteiger partial charge on any atom is 0.306 e. The predicted octanol–water partition coefficient (Wildman–Crippen LogP) is 6.73. The molecule has 3 heteroatoms. The topological polar surface area (TPSA) is 43.4 Å². The Labute approximate surface area is 184 Å². The van der Waals surface area contributed by atoms with Crippen LogP contribution >= 0.6 is 0 Å². The van der Waals surface area contributed by atoms with Crippen molar-refractivity contribution in [3.63, 3.8) is 0 Å². The summed E-state index contributed by atoms with van der Waals surface area (Å²) in [6.45, 7) is 9.31. The molecule has 170 valence electrons. The Kier molecular flexibility index (Phi) is 6.39. The second-order valence-corrected chi connectivity index (χ2v) is 11.8. The van der Waals surface area contributed by atoms with Crippen LogP contribution in [0.1, 0.15) is 111 Å². The van der Waals surface area contributed by atoms with Crippen molar-refractivity contribution in [2.24, 2.45) is 40.4 Å². The van der Waals surface area contributed by atoms with Crippen LogP contribution in [-0.4, -0.2) is 17.9 Å². The number of Topliss-reactive ketones (excluding diaryl/α,β-unsaturated/α-hetero) is 1. The Morgan fingerprint density at radius 2 is 1.77 bits per heavy atom. The monoisotopic (exact) mass is 416 g/mol. The van der Waals surface area contributed by atoms with E-state index in [1.807, 2.05) is 0 Å². The van der Waals surface area contributed by atoms with Crippen molar-refractivity contribution in [3.8, 4) is 0 Å². The van der Waals surface area contributed by atoms with E-state index in [0.717, 1.165) is 43.9 Å². The van der Waals surface area contributed by atoms with Gasteiger partial charge < -0.3 is 4.74 Å². The normalized spacial score (nSPS) is 45.4. The van der Waals surface area contributed by atoms with Gasteiger partial charge in [-0.05, 0) is 80.5 Å². The summed E-state index contributed by atoms with van der Waals surface area (Å²) < 4.78 is 6.12. The minimum absolute atomic E-state index is 0.0374. The quantitative estimate of drug-likeness (QED) is 0.356. The molecule has 0 aliphatic heterocycles. The third-order valence-electron chi connectivity index (χ3n) is 10.2. The van der Waals surface area contributed by atoms with Gasteiger partial charge in [-0.3, -0.25) is 9.59 Å². The molecule has 0 aromatic carbocycles. The largest absolute Gasteiger partial charge is 0.462 e. The van der Waals surface area contributed by atoms with Crippen LogP contribution in [-0.2, 0) is 14.3 Å². The number of rotatable bonds is 6. The van der Waals surface area contributed by atoms with Gasteiger partial charge in [-0.15, -0.1) is 0 Å². The van der Waals surface area contributed by atoms with Gasteiger partial charge in [0.2, 0.25) is 0 Å². The molecule has 0 spiro atoms. The third kappa shape index (κ3) is 3.77. The highest BCUT2D eigenvalue weighted by Crippen LogP contribution is 2.66. The van der Waals surface area contributed by atoms with Crippen LogP contribution in [0.15, 0.2) is 0 Å². The molecule has 4 fully saturated rings. The number of esters is 1. The van der Waals surface area contributed by atoms with Gasteiger partial charge in [-0.2, -0.15) is 0 Å². The average molecular weight is 417 g/mol. The Balaban J connectivity index is 1.42. The van der Waals surface area contributed by atoms with Crippen LogP contribution in [0.4, 0.5) is 0 Å². The molecule has 0 radical (unpaired) electrons. The number of carbonyl (C=O) groups excluding carboxylic acids is 2. The fraction of sp³-hybridized carbons (Fsp3) is 0.926. The zero-order valence-corrected chi connectivity index (χ0v) is 19.9. The van der Waals surface area contributed by atoms with Crippen LogP contribution in [0, 0.1) is 40.4 Å². The van der Waals surface area contributed by atoms with Crippen LogP contribution < -0.4 is 0 Å². The van der Waals surface area contributed by atoms with Crippen molar-refractivity contribution in [3.05, 3.63) is 0 Å². The van der Waals surface area contributed by atoms with Crippen molar-refractivity contribution < 1.29 is 14.3 Å². The lowest BCUT2D eigenvalue weighted by Crippen LogP contribution is -2.55. The first kappa shape index (κ1) is 22.3. The van der Waals surface area contributed by atoms with Crippen molar-refractivity contribution >= 4 is 11.8 Å². The fourth-order valence-electron chi connectivity index (χ4n) is 8.47. The van der Waals surface area contributed by atoms with Crippen LogP contribution in [0.25, 0.3) is 0 Å². The van der Waals surface area contributed by atoms with E-state index in [1.54, 1.807) is 0 Å². The molecule has 4 aliphatic rings. The van der Waals surface area contributed by atoms with E-state index in [4.69, 9.17) is 4.74 Å². The first-order chi connectivity index (χ1) is 14.3. The minimum atomic E-state index is 0.0374. The van der Waals surface area contributed by atoms with Crippen molar-refractivity contribution in [2.75, 3.05) is 0 Å². The zero-order valence-electron chi connectivity index (χ0n) is 19.9. The molecule has 0 saturated heterocycles. The van der Waals surface area contributed by atoms with Gasteiger partial charge in [0.15, 0.2) is 0 Å². The number of ether oxygens (including phenoxy) is 1. The Hall–Kier alpha value is -0.860. The molecule has 0 unspecified atom stereocenters. The fourth-order valence-corrected chi connectivity index (χ4v) is 8.47. The highest BCUT2D eigenvalue weighted by Gasteiger charge is 2.61. The molecule has 30 heavy (non-hydrogen) atoms. The van der Waals surface area contributed by atoms with Gasteiger partial charge in [0.1, 0.15) is 11.9 Å². The number of hydrogen-bond acceptors (Lipinski definition) is 3. The molecule has 0 aromatic heterocycles. The number of unbranched alkanes of at least 4 members (excludes halogenated alkanes) is 3. The molecule has 4 saturated carbocycles. The maximum atomic E-state index is 12.5. The van der Waals surface area contributed by atoms with Crippen LogP contribution in [0.5, 0.6) is 0 Å². The average Bonchev–Trinajstić information content (AvgIpc) is 3.03. The zero-order chi connectivity index (χ0) is 21.5. The van der Waals surface area contributed by atoms with Crippen molar-refractivity contribution in [1.82, 2.24) is 0 Å². The molecule has 0 aromatic rings. The molecular weight excluding hydrogens is 372 g/mol.